The van der Waals surface area contributed by atoms with Gasteiger partial charge in [-0.25, -0.2) is 0 Å². The first-order valence-corrected chi connectivity index (χ1v) is 5.31. The normalized spacial score (nSPS) is 20.2. The van der Waals surface area contributed by atoms with Gasteiger partial charge in [-0.15, -0.1) is 0 Å². The fourth-order valence-electron chi connectivity index (χ4n) is 1.60. The minimum absolute atomic E-state index is 0.0515. The first-order valence-electron chi connectivity index (χ1n) is 5.31. The highest BCUT2D eigenvalue weighted by atomic mass is 16.3. The first kappa shape index (κ1) is 11.5. The van der Waals surface area contributed by atoms with Crippen LogP contribution in [-0.2, 0) is 4.79 Å². The van der Waals surface area contributed by atoms with Crippen molar-refractivity contribution in [3.05, 3.63) is 0 Å². The van der Waals surface area contributed by atoms with Crippen molar-refractivity contribution in [3.63, 3.8) is 0 Å². The summed E-state index contributed by atoms with van der Waals surface area (Å²) < 4.78 is 0. The van der Waals surface area contributed by atoms with Gasteiger partial charge in [0.1, 0.15) is 0 Å². The number of rotatable bonds is 5. The Labute approximate surface area is 85.3 Å². The summed E-state index contributed by atoms with van der Waals surface area (Å²) in [5.74, 6) is 0.472. The summed E-state index contributed by atoms with van der Waals surface area (Å²) in [5.41, 5.74) is 0. The quantitative estimate of drug-likeness (QED) is 0.647. The molecule has 2 N–H and O–H groups in total. The maximum atomic E-state index is 11.5. The number of likely N-dealkylation sites (tertiary alicyclic amines) is 1. The topological polar surface area (TPSA) is 52.6 Å². The van der Waals surface area contributed by atoms with Gasteiger partial charge in [0.15, 0.2) is 0 Å². The van der Waals surface area contributed by atoms with Crippen LogP contribution >= 0.6 is 0 Å². The van der Waals surface area contributed by atoms with Gasteiger partial charge in [-0.2, -0.15) is 0 Å². The minimum Gasteiger partial charge on any atom is -0.396 e. The van der Waals surface area contributed by atoms with Gasteiger partial charge in [-0.1, -0.05) is 6.92 Å². The average Bonchev–Trinajstić information content (AvgIpc) is 2.12. The molecule has 0 aromatic rings. The van der Waals surface area contributed by atoms with E-state index < -0.39 is 0 Å². The minimum atomic E-state index is -0.0515. The highest BCUT2D eigenvalue weighted by Gasteiger charge is 2.32. The SMILES string of the molecule is CCCNC(=O)C(C)N1CC(CO)C1. The van der Waals surface area contributed by atoms with E-state index in [0.717, 1.165) is 26.1 Å². The van der Waals surface area contributed by atoms with Crippen LogP contribution in [0, 0.1) is 5.92 Å². The van der Waals surface area contributed by atoms with Crippen molar-refractivity contribution in [2.24, 2.45) is 5.92 Å². The fraction of sp³-hybridized carbons (Fsp3) is 0.900. The van der Waals surface area contributed by atoms with Gasteiger partial charge in [0.05, 0.1) is 6.04 Å². The average molecular weight is 200 g/mol. The molecule has 4 heteroatoms. The fourth-order valence-corrected chi connectivity index (χ4v) is 1.60. The molecule has 1 aliphatic heterocycles. The van der Waals surface area contributed by atoms with Crippen LogP contribution in [0.15, 0.2) is 0 Å². The molecule has 0 aromatic carbocycles. The van der Waals surface area contributed by atoms with Crippen molar-refractivity contribution in [2.75, 3.05) is 26.2 Å². The lowest BCUT2D eigenvalue weighted by Crippen LogP contribution is -2.57. The van der Waals surface area contributed by atoms with E-state index in [9.17, 15) is 4.79 Å². The zero-order chi connectivity index (χ0) is 10.6. The molecule has 1 fully saturated rings. The number of amides is 1. The molecule has 1 unspecified atom stereocenters. The summed E-state index contributed by atoms with van der Waals surface area (Å²) in [6.45, 7) is 6.63. The molecule has 1 atom stereocenters. The van der Waals surface area contributed by atoms with E-state index in [1.165, 1.54) is 0 Å². The molecular formula is C10H20N2O2. The molecule has 0 spiro atoms. The molecule has 0 radical (unpaired) electrons. The number of hydrogen-bond acceptors (Lipinski definition) is 3. The predicted molar refractivity (Wildman–Crippen MR) is 54.9 cm³/mol. The Balaban J connectivity index is 2.21. The molecule has 1 aliphatic rings. The maximum absolute atomic E-state index is 11.5. The summed E-state index contributed by atoms with van der Waals surface area (Å²) in [5, 5.41) is 11.7. The molecule has 1 rings (SSSR count). The Kier molecular flexibility index (Phi) is 4.35. The second-order valence-corrected chi connectivity index (χ2v) is 3.97. The third kappa shape index (κ3) is 2.69. The lowest BCUT2D eigenvalue weighted by molar-refractivity contribution is -0.129. The smallest absolute Gasteiger partial charge is 0.237 e. The summed E-state index contributed by atoms with van der Waals surface area (Å²) in [6.07, 6.45) is 0.970. The molecule has 0 aliphatic carbocycles. The van der Waals surface area contributed by atoms with Gasteiger partial charge in [0.25, 0.3) is 0 Å². The summed E-state index contributed by atoms with van der Waals surface area (Å²) in [4.78, 5) is 13.6. The van der Waals surface area contributed by atoms with Crippen LogP contribution in [0.25, 0.3) is 0 Å². The molecule has 0 aromatic heterocycles. The van der Waals surface area contributed by atoms with Crippen LogP contribution < -0.4 is 5.32 Å². The number of aliphatic hydroxyl groups excluding tert-OH is 1. The molecule has 14 heavy (non-hydrogen) atoms. The summed E-state index contributed by atoms with van der Waals surface area (Å²) in [7, 11) is 0. The van der Waals surface area contributed by atoms with Crippen molar-refractivity contribution in [1.82, 2.24) is 10.2 Å². The van der Waals surface area contributed by atoms with E-state index in [1.54, 1.807) is 0 Å². The third-order valence-electron chi connectivity index (χ3n) is 2.72. The second kappa shape index (κ2) is 5.32. The predicted octanol–water partition coefficient (Wildman–Crippen LogP) is -0.175. The number of carbonyl (C=O) groups is 1. The number of aliphatic hydroxyl groups is 1. The van der Waals surface area contributed by atoms with Crippen molar-refractivity contribution in [3.8, 4) is 0 Å². The van der Waals surface area contributed by atoms with Crippen LogP contribution in [0.2, 0.25) is 0 Å². The largest absolute Gasteiger partial charge is 0.396 e. The lowest BCUT2D eigenvalue weighted by Gasteiger charge is -2.41. The van der Waals surface area contributed by atoms with Crippen molar-refractivity contribution >= 4 is 5.91 Å². The highest BCUT2D eigenvalue weighted by molar-refractivity contribution is 5.81. The molecule has 0 saturated carbocycles. The van der Waals surface area contributed by atoms with Gasteiger partial charge in [-0.05, 0) is 13.3 Å². The van der Waals surface area contributed by atoms with E-state index in [1.807, 2.05) is 13.8 Å². The monoisotopic (exact) mass is 200 g/mol. The van der Waals surface area contributed by atoms with Crippen LogP contribution in [0.3, 0.4) is 0 Å². The lowest BCUT2D eigenvalue weighted by atomic mass is 9.99. The Hall–Kier alpha value is -0.610. The van der Waals surface area contributed by atoms with Crippen molar-refractivity contribution in [2.45, 2.75) is 26.3 Å². The molecule has 1 heterocycles. The molecule has 1 saturated heterocycles. The Morgan fingerprint density at radius 3 is 2.79 bits per heavy atom. The third-order valence-corrected chi connectivity index (χ3v) is 2.72. The Morgan fingerprint density at radius 1 is 1.64 bits per heavy atom. The second-order valence-electron chi connectivity index (χ2n) is 3.97. The molecular weight excluding hydrogens is 180 g/mol. The Morgan fingerprint density at radius 2 is 2.29 bits per heavy atom. The van der Waals surface area contributed by atoms with Gasteiger partial charge in [-0.3, -0.25) is 9.69 Å². The first-order chi connectivity index (χ1) is 6.69. The Bertz CT molecular complexity index is 191. The van der Waals surface area contributed by atoms with E-state index in [4.69, 9.17) is 5.11 Å². The van der Waals surface area contributed by atoms with Crippen molar-refractivity contribution < 1.29 is 9.90 Å². The van der Waals surface area contributed by atoms with Crippen molar-refractivity contribution in [1.29, 1.82) is 0 Å². The zero-order valence-corrected chi connectivity index (χ0v) is 8.99. The van der Waals surface area contributed by atoms with Gasteiger partial charge >= 0.3 is 0 Å². The van der Waals surface area contributed by atoms with E-state index in [0.29, 0.717) is 5.92 Å². The van der Waals surface area contributed by atoms with Crippen LogP contribution in [-0.4, -0.2) is 48.2 Å². The number of nitrogens with zero attached hydrogens (tertiary/aromatic N) is 1. The van der Waals surface area contributed by atoms with Crippen LogP contribution in [0.5, 0.6) is 0 Å². The van der Waals surface area contributed by atoms with E-state index >= 15 is 0 Å². The van der Waals surface area contributed by atoms with Gasteiger partial charge in [0, 0.05) is 32.2 Å². The molecule has 1 amide bonds. The molecule has 82 valence electrons. The number of nitrogens with one attached hydrogen (secondary N) is 1. The number of hydrogen-bond donors (Lipinski definition) is 2. The molecule has 4 nitrogen and oxygen atoms in total. The van der Waals surface area contributed by atoms with E-state index in [-0.39, 0.29) is 18.6 Å². The number of carbonyl (C=O) groups excluding carboxylic acids is 1. The van der Waals surface area contributed by atoms with Crippen LogP contribution in [0.1, 0.15) is 20.3 Å². The summed E-state index contributed by atoms with van der Waals surface area (Å²) >= 11 is 0. The summed E-state index contributed by atoms with van der Waals surface area (Å²) in [6, 6.07) is -0.0515. The highest BCUT2D eigenvalue weighted by Crippen LogP contribution is 2.17. The van der Waals surface area contributed by atoms with Gasteiger partial charge in [0.2, 0.25) is 5.91 Å². The standard InChI is InChI=1S/C10H20N2O2/c1-3-4-11-10(14)8(2)12-5-9(6-12)7-13/h8-9,13H,3-7H2,1-2H3,(H,11,14). The van der Waals surface area contributed by atoms with Gasteiger partial charge < -0.3 is 10.4 Å². The van der Waals surface area contributed by atoms with E-state index in [2.05, 4.69) is 10.2 Å². The zero-order valence-electron chi connectivity index (χ0n) is 8.99. The van der Waals surface area contributed by atoms with Crippen LogP contribution in [0.4, 0.5) is 0 Å². The maximum Gasteiger partial charge on any atom is 0.237 e. The molecule has 0 bridgehead atoms.